The van der Waals surface area contributed by atoms with Gasteiger partial charge in [-0.1, -0.05) is 30.3 Å². The van der Waals surface area contributed by atoms with Crippen molar-refractivity contribution in [3.63, 3.8) is 0 Å². The molecule has 0 aliphatic rings. The number of hydrogen-bond acceptors (Lipinski definition) is 7. The fourth-order valence-electron chi connectivity index (χ4n) is 2.11. The van der Waals surface area contributed by atoms with Crippen molar-refractivity contribution >= 4 is 18.0 Å². The number of nitriles is 1. The van der Waals surface area contributed by atoms with Gasteiger partial charge in [0.25, 0.3) is 0 Å². The van der Waals surface area contributed by atoms with Crippen LogP contribution >= 0.6 is 0 Å². The molecule has 2 amide bonds. The maximum Gasteiger partial charge on any atom is 0.407 e. The molecule has 9 heteroatoms. The third-order valence-electron chi connectivity index (χ3n) is 3.48. The van der Waals surface area contributed by atoms with Crippen LogP contribution in [0.5, 0.6) is 0 Å². The molecule has 9 nitrogen and oxygen atoms in total. The van der Waals surface area contributed by atoms with Crippen LogP contribution in [0.4, 0.5) is 4.79 Å². The Balaban J connectivity index is 2.32. The van der Waals surface area contributed by atoms with Crippen LogP contribution in [0.15, 0.2) is 30.3 Å². The summed E-state index contributed by atoms with van der Waals surface area (Å²) >= 11 is 0. The smallest absolute Gasteiger partial charge is 0.407 e. The van der Waals surface area contributed by atoms with E-state index in [0.29, 0.717) is 0 Å². The molecule has 27 heavy (non-hydrogen) atoms. The molecular weight excluding hydrogens is 354 g/mol. The number of amides is 2. The van der Waals surface area contributed by atoms with Crippen molar-refractivity contribution in [2.75, 3.05) is 13.7 Å². The zero-order valence-corrected chi connectivity index (χ0v) is 15.0. The molecule has 0 unspecified atom stereocenters. The molecule has 1 aromatic rings. The molecule has 0 aromatic heterocycles. The summed E-state index contributed by atoms with van der Waals surface area (Å²) in [6, 6.07) is 10.00. The Labute approximate surface area is 157 Å². The summed E-state index contributed by atoms with van der Waals surface area (Å²) in [7, 11) is 1.17. The predicted molar refractivity (Wildman–Crippen MR) is 94.0 cm³/mol. The maximum absolute atomic E-state index is 11.9. The van der Waals surface area contributed by atoms with Crippen molar-refractivity contribution in [1.82, 2.24) is 10.6 Å². The van der Waals surface area contributed by atoms with E-state index < -0.39 is 30.1 Å². The minimum absolute atomic E-state index is 0.0669. The van der Waals surface area contributed by atoms with Gasteiger partial charge in [0.15, 0.2) is 0 Å². The number of esters is 1. The molecule has 3 N–H and O–H groups in total. The molecule has 0 bridgehead atoms. The number of nitrogens with zero attached hydrogens (tertiary/aromatic N) is 1. The minimum atomic E-state index is -1.16. The van der Waals surface area contributed by atoms with E-state index in [-0.39, 0.29) is 32.4 Å². The number of ether oxygens (including phenoxy) is 2. The van der Waals surface area contributed by atoms with Crippen molar-refractivity contribution in [3.05, 3.63) is 35.9 Å². The molecule has 2 atom stereocenters. The fourth-order valence-corrected chi connectivity index (χ4v) is 2.11. The highest BCUT2D eigenvalue weighted by Gasteiger charge is 2.22. The lowest BCUT2D eigenvalue weighted by atomic mass is 10.1. The van der Waals surface area contributed by atoms with Gasteiger partial charge in [0.2, 0.25) is 5.91 Å². The summed E-state index contributed by atoms with van der Waals surface area (Å²) in [5.74, 6) is -1.27. The molecule has 0 saturated heterocycles. The van der Waals surface area contributed by atoms with E-state index in [1.165, 1.54) is 7.11 Å². The highest BCUT2D eigenvalue weighted by atomic mass is 16.5. The number of rotatable bonds is 10. The van der Waals surface area contributed by atoms with Gasteiger partial charge in [0.05, 0.1) is 25.7 Å². The van der Waals surface area contributed by atoms with Crippen LogP contribution in [-0.4, -0.2) is 48.9 Å². The van der Waals surface area contributed by atoms with Gasteiger partial charge in [0.1, 0.15) is 12.6 Å². The summed E-state index contributed by atoms with van der Waals surface area (Å²) in [4.78, 5) is 35.1. The van der Waals surface area contributed by atoms with Crippen molar-refractivity contribution in [2.45, 2.75) is 38.0 Å². The van der Waals surface area contributed by atoms with E-state index in [1.807, 2.05) is 24.3 Å². The van der Waals surface area contributed by atoms with Crippen LogP contribution in [-0.2, 0) is 25.7 Å². The van der Waals surface area contributed by atoms with Gasteiger partial charge in [-0.15, -0.1) is 0 Å². The number of carbonyl (C=O) groups is 3. The first-order chi connectivity index (χ1) is 13.0. The van der Waals surface area contributed by atoms with E-state index in [4.69, 9.17) is 10.00 Å². The summed E-state index contributed by atoms with van der Waals surface area (Å²) < 4.78 is 9.54. The average Bonchev–Trinajstić information content (AvgIpc) is 2.68. The van der Waals surface area contributed by atoms with E-state index in [1.54, 1.807) is 12.1 Å². The highest BCUT2D eigenvalue weighted by Crippen LogP contribution is 2.02. The molecule has 0 radical (unpaired) electrons. The number of methoxy groups -OCH3 is 1. The third-order valence-corrected chi connectivity index (χ3v) is 3.48. The maximum atomic E-state index is 11.9. The van der Waals surface area contributed by atoms with Crippen molar-refractivity contribution in [3.8, 4) is 6.07 Å². The summed E-state index contributed by atoms with van der Waals surface area (Å²) in [5.41, 5.74) is 0.818. The van der Waals surface area contributed by atoms with Crippen LogP contribution in [0, 0.1) is 11.3 Å². The SMILES string of the molecule is COC(=O)[C@H](CCC#N)NC(=O)C[C@@H](O)CNC(=O)OCc1ccccc1. The van der Waals surface area contributed by atoms with Gasteiger partial charge in [0, 0.05) is 13.0 Å². The molecule has 1 rings (SSSR count). The number of nitrogens with one attached hydrogen (secondary N) is 2. The van der Waals surface area contributed by atoms with Gasteiger partial charge in [-0.25, -0.2) is 9.59 Å². The first-order valence-electron chi connectivity index (χ1n) is 8.33. The van der Waals surface area contributed by atoms with Crippen molar-refractivity contribution in [1.29, 1.82) is 5.26 Å². The summed E-state index contributed by atoms with van der Waals surface area (Å²) in [6.07, 6.45) is -2.05. The highest BCUT2D eigenvalue weighted by molar-refractivity contribution is 5.84. The van der Waals surface area contributed by atoms with E-state index in [0.717, 1.165) is 5.56 Å². The Hall–Kier alpha value is -3.12. The minimum Gasteiger partial charge on any atom is -0.467 e. The molecule has 0 fully saturated rings. The summed E-state index contributed by atoms with van der Waals surface area (Å²) in [5, 5.41) is 23.2. The number of carbonyl (C=O) groups excluding carboxylic acids is 3. The van der Waals surface area contributed by atoms with Crippen molar-refractivity contribution in [2.24, 2.45) is 0 Å². The molecule has 1 aromatic carbocycles. The van der Waals surface area contributed by atoms with E-state index >= 15 is 0 Å². The monoisotopic (exact) mass is 377 g/mol. The molecule has 0 aliphatic carbocycles. The average molecular weight is 377 g/mol. The van der Waals surface area contributed by atoms with E-state index in [9.17, 15) is 19.5 Å². The molecule has 0 heterocycles. The second-order valence-electron chi connectivity index (χ2n) is 5.64. The van der Waals surface area contributed by atoms with Gasteiger partial charge >= 0.3 is 12.1 Å². The zero-order valence-electron chi connectivity index (χ0n) is 15.0. The molecule has 0 aliphatic heterocycles. The Kier molecular flexibility index (Phi) is 9.96. The standard InChI is InChI=1S/C18H23N3O6/c1-26-17(24)15(8-5-9-19)21-16(23)10-14(22)11-20-18(25)27-12-13-6-3-2-4-7-13/h2-4,6-7,14-15,22H,5,8,10-12H2,1H3,(H,20,25)(H,21,23)/t14-,15+/m1/s1. The van der Waals surface area contributed by atoms with Crippen LogP contribution in [0.25, 0.3) is 0 Å². The van der Waals surface area contributed by atoms with Gasteiger partial charge in [-0.2, -0.15) is 5.26 Å². The normalized spacial score (nSPS) is 12.2. The molecular formula is C18H23N3O6. The number of aliphatic hydroxyl groups excluding tert-OH is 1. The third kappa shape index (κ3) is 9.23. The van der Waals surface area contributed by atoms with E-state index in [2.05, 4.69) is 15.4 Å². The number of benzene rings is 1. The molecule has 0 spiro atoms. The van der Waals surface area contributed by atoms with Crippen LogP contribution in [0.2, 0.25) is 0 Å². The lowest BCUT2D eigenvalue weighted by molar-refractivity contribution is -0.145. The van der Waals surface area contributed by atoms with Crippen molar-refractivity contribution < 1.29 is 29.0 Å². The first-order valence-corrected chi connectivity index (χ1v) is 8.33. The van der Waals surface area contributed by atoms with Crippen LogP contribution < -0.4 is 10.6 Å². The Bertz CT molecular complexity index is 659. The topological polar surface area (TPSA) is 138 Å². The number of alkyl carbamates (subject to hydrolysis) is 1. The Morgan fingerprint density at radius 2 is 1.96 bits per heavy atom. The van der Waals surface area contributed by atoms with Crippen LogP contribution in [0.3, 0.4) is 0 Å². The molecule has 0 saturated carbocycles. The van der Waals surface area contributed by atoms with Crippen LogP contribution in [0.1, 0.15) is 24.8 Å². The quantitative estimate of drug-likeness (QED) is 0.508. The van der Waals surface area contributed by atoms with Gasteiger partial charge in [-0.05, 0) is 12.0 Å². The number of aliphatic hydroxyl groups is 1. The number of hydrogen-bond donors (Lipinski definition) is 3. The largest absolute Gasteiger partial charge is 0.467 e. The van der Waals surface area contributed by atoms with Gasteiger partial charge < -0.3 is 25.2 Å². The second-order valence-corrected chi connectivity index (χ2v) is 5.64. The fraction of sp³-hybridized carbons (Fsp3) is 0.444. The predicted octanol–water partition coefficient (Wildman–Crippen LogP) is 0.625. The Morgan fingerprint density at radius 3 is 2.59 bits per heavy atom. The second kappa shape index (κ2) is 12.3. The zero-order chi connectivity index (χ0) is 20.1. The lowest BCUT2D eigenvalue weighted by Crippen LogP contribution is -2.43. The van der Waals surface area contributed by atoms with Gasteiger partial charge in [-0.3, -0.25) is 4.79 Å². The first kappa shape index (κ1) is 21.9. The Morgan fingerprint density at radius 1 is 1.26 bits per heavy atom. The molecule has 146 valence electrons. The summed E-state index contributed by atoms with van der Waals surface area (Å²) in [6.45, 7) is -0.106. The lowest BCUT2D eigenvalue weighted by Gasteiger charge is -2.17.